The summed E-state index contributed by atoms with van der Waals surface area (Å²) in [4.78, 5) is 32.0. The first-order chi connectivity index (χ1) is 12.1. The third kappa shape index (κ3) is 3.62. The Kier molecular flexibility index (Phi) is 4.97. The van der Waals surface area contributed by atoms with E-state index in [4.69, 9.17) is 4.74 Å². The van der Waals surface area contributed by atoms with E-state index in [0.29, 0.717) is 18.7 Å². The van der Waals surface area contributed by atoms with Crippen molar-refractivity contribution in [2.45, 2.75) is 13.0 Å². The fourth-order valence-corrected chi connectivity index (χ4v) is 2.91. The van der Waals surface area contributed by atoms with Crippen LogP contribution in [0.4, 0.5) is 5.69 Å². The highest BCUT2D eigenvalue weighted by Gasteiger charge is 2.26. The van der Waals surface area contributed by atoms with E-state index in [-0.39, 0.29) is 17.9 Å². The van der Waals surface area contributed by atoms with Crippen LogP contribution in [0, 0.1) is 0 Å². The van der Waals surface area contributed by atoms with E-state index in [1.807, 2.05) is 24.0 Å². The molecule has 0 radical (unpaired) electrons. The second-order valence-corrected chi connectivity index (χ2v) is 5.90. The van der Waals surface area contributed by atoms with Gasteiger partial charge in [-0.05, 0) is 31.2 Å². The van der Waals surface area contributed by atoms with Gasteiger partial charge in [0.2, 0.25) is 5.91 Å². The lowest BCUT2D eigenvalue weighted by molar-refractivity contribution is -0.134. The van der Waals surface area contributed by atoms with Crippen molar-refractivity contribution in [3.63, 3.8) is 0 Å². The van der Waals surface area contributed by atoms with Gasteiger partial charge in [-0.15, -0.1) is 0 Å². The molecule has 2 aromatic rings. The predicted octanol–water partition coefficient (Wildman–Crippen LogP) is 0.974. The van der Waals surface area contributed by atoms with E-state index >= 15 is 0 Å². The Morgan fingerprint density at radius 1 is 1.12 bits per heavy atom. The molecule has 1 aliphatic heterocycles. The number of benzene rings is 1. The van der Waals surface area contributed by atoms with Crippen molar-refractivity contribution < 1.29 is 14.3 Å². The van der Waals surface area contributed by atoms with E-state index in [9.17, 15) is 9.59 Å². The van der Waals surface area contributed by atoms with Gasteiger partial charge in [0.1, 0.15) is 18.7 Å². The number of carbonyl (C=O) groups excluding carboxylic acids is 2. The Hall–Kier alpha value is -2.90. The van der Waals surface area contributed by atoms with Gasteiger partial charge in [-0.1, -0.05) is 0 Å². The quantitative estimate of drug-likeness (QED) is 0.770. The summed E-state index contributed by atoms with van der Waals surface area (Å²) in [6.45, 7) is 4.61. The molecular weight excluding hydrogens is 322 g/mol. The molecule has 0 bridgehead atoms. The molecule has 0 spiro atoms. The molecule has 8 heteroatoms. The van der Waals surface area contributed by atoms with Crippen LogP contribution in [0.3, 0.4) is 0 Å². The second kappa shape index (κ2) is 7.33. The number of aromatic nitrogens is 3. The fraction of sp³-hybridized carbons (Fsp3) is 0.412. The molecule has 1 atom stereocenters. The van der Waals surface area contributed by atoms with Crippen molar-refractivity contribution in [3.8, 4) is 0 Å². The number of anilines is 1. The normalized spacial score (nSPS) is 15.8. The number of piperazine rings is 1. The molecule has 0 unspecified atom stereocenters. The van der Waals surface area contributed by atoms with Crippen LogP contribution in [0.2, 0.25) is 0 Å². The van der Waals surface area contributed by atoms with Crippen molar-refractivity contribution >= 4 is 17.6 Å². The summed E-state index contributed by atoms with van der Waals surface area (Å²) in [5.41, 5.74) is 1.56. The highest BCUT2D eigenvalue weighted by atomic mass is 16.5. The maximum atomic E-state index is 12.6. The van der Waals surface area contributed by atoms with Gasteiger partial charge in [0, 0.05) is 31.9 Å². The lowest BCUT2D eigenvalue weighted by Gasteiger charge is -2.37. The molecule has 1 aromatic heterocycles. The maximum absolute atomic E-state index is 12.6. The zero-order chi connectivity index (χ0) is 17.8. The molecule has 0 N–H and O–H groups in total. The van der Waals surface area contributed by atoms with Gasteiger partial charge < -0.3 is 14.5 Å². The van der Waals surface area contributed by atoms with Crippen LogP contribution in [-0.2, 0) is 9.53 Å². The Morgan fingerprint density at radius 2 is 1.80 bits per heavy atom. The van der Waals surface area contributed by atoms with Crippen molar-refractivity contribution in [2.24, 2.45) is 0 Å². The minimum atomic E-state index is -0.353. The summed E-state index contributed by atoms with van der Waals surface area (Å²) in [7, 11) is 1.37. The zero-order valence-electron chi connectivity index (χ0n) is 14.3. The first kappa shape index (κ1) is 16.9. The van der Waals surface area contributed by atoms with Crippen LogP contribution in [0.5, 0.6) is 0 Å². The Bertz CT molecular complexity index is 721. The molecule has 1 aromatic carbocycles. The lowest BCUT2D eigenvalue weighted by atomic mass is 10.1. The molecule has 25 heavy (non-hydrogen) atoms. The molecule has 1 fully saturated rings. The van der Waals surface area contributed by atoms with Gasteiger partial charge in [0.15, 0.2) is 0 Å². The topological polar surface area (TPSA) is 80.6 Å². The molecule has 132 valence electrons. The average molecular weight is 343 g/mol. The molecule has 1 saturated heterocycles. The molecule has 2 heterocycles. The summed E-state index contributed by atoms with van der Waals surface area (Å²) < 4.78 is 6.28. The monoisotopic (exact) mass is 343 g/mol. The van der Waals surface area contributed by atoms with Gasteiger partial charge in [0.25, 0.3) is 0 Å². The predicted molar refractivity (Wildman–Crippen MR) is 91.3 cm³/mol. The summed E-state index contributed by atoms with van der Waals surface area (Å²) >= 11 is 0. The summed E-state index contributed by atoms with van der Waals surface area (Å²) in [5, 5.41) is 4.03. The number of hydrogen-bond acceptors (Lipinski definition) is 6. The zero-order valence-corrected chi connectivity index (χ0v) is 14.3. The Balaban J connectivity index is 1.58. The summed E-state index contributed by atoms with van der Waals surface area (Å²) in [6, 6.07) is 6.97. The van der Waals surface area contributed by atoms with Crippen molar-refractivity contribution in [2.75, 3.05) is 38.2 Å². The highest BCUT2D eigenvalue weighted by molar-refractivity contribution is 5.89. The van der Waals surface area contributed by atoms with Gasteiger partial charge in [-0.2, -0.15) is 5.10 Å². The van der Waals surface area contributed by atoms with E-state index in [1.165, 1.54) is 13.4 Å². The minimum absolute atomic E-state index is 0.0474. The van der Waals surface area contributed by atoms with Gasteiger partial charge in [-0.3, -0.25) is 4.79 Å². The van der Waals surface area contributed by atoms with E-state index in [0.717, 1.165) is 18.8 Å². The van der Waals surface area contributed by atoms with Crippen molar-refractivity contribution in [3.05, 3.63) is 42.5 Å². The molecule has 1 amide bonds. The number of methoxy groups -OCH3 is 1. The van der Waals surface area contributed by atoms with Gasteiger partial charge >= 0.3 is 5.97 Å². The van der Waals surface area contributed by atoms with E-state index in [2.05, 4.69) is 15.0 Å². The van der Waals surface area contributed by atoms with Crippen LogP contribution in [0.15, 0.2) is 36.9 Å². The maximum Gasteiger partial charge on any atom is 0.337 e. The molecule has 1 aliphatic rings. The number of hydrogen-bond donors (Lipinski definition) is 0. The fourth-order valence-electron chi connectivity index (χ4n) is 2.91. The second-order valence-electron chi connectivity index (χ2n) is 5.90. The first-order valence-electron chi connectivity index (χ1n) is 8.16. The number of amides is 1. The number of ether oxygens (including phenoxy) is 1. The van der Waals surface area contributed by atoms with Gasteiger partial charge in [0.05, 0.1) is 12.7 Å². The summed E-state index contributed by atoms with van der Waals surface area (Å²) in [6.07, 6.45) is 2.99. The summed E-state index contributed by atoms with van der Waals surface area (Å²) in [5.74, 6) is -0.296. The lowest BCUT2D eigenvalue weighted by Crippen LogP contribution is -2.50. The minimum Gasteiger partial charge on any atom is -0.465 e. The SMILES string of the molecule is COC(=O)c1ccc(N2CCN(C(=O)[C@H](C)n3cncn3)CC2)cc1. The number of carbonyl (C=O) groups is 2. The molecule has 0 aliphatic carbocycles. The third-order valence-electron chi connectivity index (χ3n) is 4.44. The molecule has 8 nitrogen and oxygen atoms in total. The molecule has 3 rings (SSSR count). The smallest absolute Gasteiger partial charge is 0.337 e. The van der Waals surface area contributed by atoms with Crippen LogP contribution in [0.1, 0.15) is 23.3 Å². The Morgan fingerprint density at radius 3 is 2.36 bits per heavy atom. The third-order valence-corrected chi connectivity index (χ3v) is 4.44. The van der Waals surface area contributed by atoms with Crippen LogP contribution in [-0.4, -0.2) is 64.8 Å². The largest absolute Gasteiger partial charge is 0.465 e. The number of rotatable bonds is 4. The first-order valence-corrected chi connectivity index (χ1v) is 8.16. The van der Waals surface area contributed by atoms with E-state index in [1.54, 1.807) is 23.1 Å². The van der Waals surface area contributed by atoms with Gasteiger partial charge in [-0.25, -0.2) is 14.5 Å². The highest BCUT2D eigenvalue weighted by Crippen LogP contribution is 2.19. The van der Waals surface area contributed by atoms with E-state index < -0.39 is 0 Å². The van der Waals surface area contributed by atoms with Crippen LogP contribution in [0.25, 0.3) is 0 Å². The standard InChI is InChI=1S/C17H21N5O3/c1-13(22-12-18-11-19-22)16(23)21-9-7-20(8-10-21)15-5-3-14(4-6-15)17(24)25-2/h3-6,11-13H,7-10H2,1-2H3/t13-/m0/s1. The van der Waals surface area contributed by atoms with Crippen LogP contribution < -0.4 is 4.90 Å². The number of nitrogens with zero attached hydrogens (tertiary/aromatic N) is 5. The molecular formula is C17H21N5O3. The number of esters is 1. The Labute approximate surface area is 146 Å². The van der Waals surface area contributed by atoms with Crippen LogP contribution >= 0.6 is 0 Å². The molecule has 0 saturated carbocycles. The average Bonchev–Trinajstić information content (AvgIpc) is 3.21. The van der Waals surface area contributed by atoms with Crippen molar-refractivity contribution in [1.82, 2.24) is 19.7 Å². The van der Waals surface area contributed by atoms with Crippen molar-refractivity contribution in [1.29, 1.82) is 0 Å².